The van der Waals surface area contributed by atoms with E-state index in [2.05, 4.69) is 13.8 Å². The van der Waals surface area contributed by atoms with Crippen LogP contribution in [0.2, 0.25) is 0 Å². The van der Waals surface area contributed by atoms with Gasteiger partial charge in [0, 0.05) is 0 Å². The van der Waals surface area contributed by atoms with E-state index >= 15 is 0 Å². The van der Waals surface area contributed by atoms with Gasteiger partial charge in [-0.05, 0) is 38.7 Å². The minimum atomic E-state index is -0.325. The number of quaternary nitrogens is 1. The van der Waals surface area contributed by atoms with E-state index in [9.17, 15) is 5.11 Å². The predicted octanol–water partition coefficient (Wildman–Crippen LogP) is 1.57. The van der Waals surface area contributed by atoms with Crippen molar-refractivity contribution in [1.82, 2.24) is 0 Å². The van der Waals surface area contributed by atoms with E-state index in [0.717, 1.165) is 12.1 Å². The molecule has 17 heavy (non-hydrogen) atoms. The molecule has 1 aliphatic heterocycles. The summed E-state index contributed by atoms with van der Waals surface area (Å²) in [5.41, 5.74) is 1.05. The molecule has 0 aliphatic carbocycles. The van der Waals surface area contributed by atoms with Crippen molar-refractivity contribution >= 4 is 0 Å². The molecule has 0 aromatic heterocycles. The number of benzene rings is 1. The van der Waals surface area contributed by atoms with Crippen molar-refractivity contribution < 1.29 is 10.0 Å². The second kappa shape index (κ2) is 5.65. The number of likely N-dealkylation sites (tertiary alicyclic amines) is 1. The second-order valence-corrected chi connectivity index (χ2v) is 5.44. The first-order valence-corrected chi connectivity index (χ1v) is 6.77. The third-order valence-corrected chi connectivity index (χ3v) is 4.15. The van der Waals surface area contributed by atoms with Crippen molar-refractivity contribution in [3.8, 4) is 0 Å². The van der Waals surface area contributed by atoms with Crippen LogP contribution in [0.1, 0.15) is 44.8 Å². The lowest BCUT2D eigenvalue weighted by molar-refractivity contribution is -0.954. The third kappa shape index (κ3) is 3.08. The Bertz CT molecular complexity index is 328. The third-order valence-electron chi connectivity index (χ3n) is 4.15. The monoisotopic (exact) mass is 234 g/mol. The molecule has 1 aromatic carbocycles. The first-order chi connectivity index (χ1) is 8.18. The number of rotatable bonds is 3. The molecule has 0 saturated carbocycles. The van der Waals surface area contributed by atoms with Gasteiger partial charge < -0.3 is 10.0 Å². The van der Waals surface area contributed by atoms with Crippen LogP contribution in [0.5, 0.6) is 0 Å². The minimum absolute atomic E-state index is 0.325. The highest BCUT2D eigenvalue weighted by atomic mass is 16.3. The standard InChI is InChI=1S/C15H23NO/c1-12-7-6-8-13(2)16(12)11-15(17)14-9-4-3-5-10-14/h3-5,9-10,12-13,15,17H,6-8,11H2,1-2H3/p+1/t12-,13-,15+/m1/s1. The molecule has 1 fully saturated rings. The first kappa shape index (κ1) is 12.6. The summed E-state index contributed by atoms with van der Waals surface area (Å²) in [7, 11) is 0. The van der Waals surface area contributed by atoms with Gasteiger partial charge in [-0.2, -0.15) is 0 Å². The summed E-state index contributed by atoms with van der Waals surface area (Å²) in [5.74, 6) is 0. The molecular formula is C15H24NO+. The Kier molecular flexibility index (Phi) is 4.19. The normalized spacial score (nSPS) is 27.9. The largest absolute Gasteiger partial charge is 0.382 e. The summed E-state index contributed by atoms with van der Waals surface area (Å²) < 4.78 is 0. The van der Waals surface area contributed by atoms with Crippen molar-refractivity contribution in [3.05, 3.63) is 35.9 Å². The molecule has 2 nitrogen and oxygen atoms in total. The number of nitrogens with one attached hydrogen (secondary N) is 1. The van der Waals surface area contributed by atoms with Crippen LogP contribution in [0.25, 0.3) is 0 Å². The van der Waals surface area contributed by atoms with Crippen LogP contribution >= 0.6 is 0 Å². The van der Waals surface area contributed by atoms with Gasteiger partial charge in [-0.15, -0.1) is 0 Å². The molecule has 0 bridgehead atoms. The molecule has 2 rings (SSSR count). The minimum Gasteiger partial charge on any atom is -0.382 e. The summed E-state index contributed by atoms with van der Waals surface area (Å²) in [6.45, 7) is 5.46. The van der Waals surface area contributed by atoms with Gasteiger partial charge in [0.05, 0.1) is 12.1 Å². The van der Waals surface area contributed by atoms with E-state index < -0.39 is 0 Å². The molecule has 1 aliphatic rings. The summed E-state index contributed by atoms with van der Waals surface area (Å²) in [6, 6.07) is 11.4. The fourth-order valence-electron chi connectivity index (χ4n) is 3.01. The van der Waals surface area contributed by atoms with Gasteiger partial charge in [-0.1, -0.05) is 30.3 Å². The van der Waals surface area contributed by atoms with Crippen molar-refractivity contribution in [3.63, 3.8) is 0 Å². The topological polar surface area (TPSA) is 24.7 Å². The molecule has 1 saturated heterocycles. The fraction of sp³-hybridized carbons (Fsp3) is 0.600. The second-order valence-electron chi connectivity index (χ2n) is 5.44. The average Bonchev–Trinajstić information content (AvgIpc) is 2.35. The Labute approximate surface area is 104 Å². The van der Waals surface area contributed by atoms with Crippen molar-refractivity contribution in [1.29, 1.82) is 0 Å². The molecule has 0 unspecified atom stereocenters. The van der Waals surface area contributed by atoms with E-state index in [1.807, 2.05) is 30.3 Å². The van der Waals surface area contributed by atoms with Crippen LogP contribution in [0.3, 0.4) is 0 Å². The molecule has 1 heterocycles. The highest BCUT2D eigenvalue weighted by molar-refractivity contribution is 5.17. The molecule has 2 N–H and O–H groups in total. The summed E-state index contributed by atoms with van der Waals surface area (Å²) >= 11 is 0. The number of hydrogen-bond acceptors (Lipinski definition) is 1. The lowest BCUT2D eigenvalue weighted by atomic mass is 9.96. The maximum absolute atomic E-state index is 10.3. The number of hydrogen-bond donors (Lipinski definition) is 2. The lowest BCUT2D eigenvalue weighted by Gasteiger charge is -2.37. The van der Waals surface area contributed by atoms with E-state index in [1.165, 1.54) is 19.3 Å². The van der Waals surface area contributed by atoms with Crippen LogP contribution in [0.15, 0.2) is 30.3 Å². The molecule has 0 amide bonds. The van der Waals surface area contributed by atoms with Gasteiger partial charge in [0.1, 0.15) is 12.6 Å². The highest BCUT2D eigenvalue weighted by Gasteiger charge is 2.30. The zero-order valence-corrected chi connectivity index (χ0v) is 10.9. The van der Waals surface area contributed by atoms with Gasteiger partial charge in [0.25, 0.3) is 0 Å². The summed E-state index contributed by atoms with van der Waals surface area (Å²) in [5, 5.41) is 10.3. The van der Waals surface area contributed by atoms with Gasteiger partial charge >= 0.3 is 0 Å². The Balaban J connectivity index is 2.00. The zero-order chi connectivity index (χ0) is 12.3. The van der Waals surface area contributed by atoms with E-state index in [4.69, 9.17) is 0 Å². The Morgan fingerprint density at radius 1 is 1.18 bits per heavy atom. The maximum atomic E-state index is 10.3. The first-order valence-electron chi connectivity index (χ1n) is 6.77. The molecule has 0 spiro atoms. The van der Waals surface area contributed by atoms with Gasteiger partial charge in [0.15, 0.2) is 0 Å². The summed E-state index contributed by atoms with van der Waals surface area (Å²) in [4.78, 5) is 1.56. The number of aliphatic hydroxyl groups is 1. The maximum Gasteiger partial charge on any atom is 0.128 e. The van der Waals surface area contributed by atoms with Crippen LogP contribution in [-0.4, -0.2) is 23.7 Å². The van der Waals surface area contributed by atoms with Crippen LogP contribution in [0.4, 0.5) is 0 Å². The van der Waals surface area contributed by atoms with Gasteiger partial charge in [-0.25, -0.2) is 0 Å². The SMILES string of the molecule is C[C@@H]1CCC[C@@H](C)[NH+]1C[C@H](O)c1ccccc1. The molecule has 94 valence electrons. The molecular weight excluding hydrogens is 210 g/mol. The van der Waals surface area contributed by atoms with Crippen molar-refractivity contribution in [2.45, 2.75) is 51.3 Å². The molecule has 0 radical (unpaired) electrons. The highest BCUT2D eigenvalue weighted by Crippen LogP contribution is 2.12. The quantitative estimate of drug-likeness (QED) is 0.815. The molecule has 1 aromatic rings. The van der Waals surface area contributed by atoms with Crippen molar-refractivity contribution in [2.24, 2.45) is 0 Å². The van der Waals surface area contributed by atoms with E-state index in [0.29, 0.717) is 12.1 Å². The average molecular weight is 234 g/mol. The van der Waals surface area contributed by atoms with E-state index in [1.54, 1.807) is 4.90 Å². The van der Waals surface area contributed by atoms with Crippen molar-refractivity contribution in [2.75, 3.05) is 6.54 Å². The molecule has 2 heteroatoms. The number of aliphatic hydroxyl groups excluding tert-OH is 1. The van der Waals surface area contributed by atoms with Crippen LogP contribution in [0, 0.1) is 0 Å². The Morgan fingerprint density at radius 3 is 2.35 bits per heavy atom. The Hall–Kier alpha value is -0.860. The molecule has 3 atom stereocenters. The van der Waals surface area contributed by atoms with Gasteiger partial charge in [-0.3, -0.25) is 0 Å². The van der Waals surface area contributed by atoms with Crippen LogP contribution < -0.4 is 4.90 Å². The van der Waals surface area contributed by atoms with Gasteiger partial charge in [0.2, 0.25) is 0 Å². The van der Waals surface area contributed by atoms with E-state index in [-0.39, 0.29) is 6.10 Å². The number of piperidine rings is 1. The lowest BCUT2D eigenvalue weighted by Crippen LogP contribution is -3.19. The predicted molar refractivity (Wildman–Crippen MR) is 70.0 cm³/mol. The smallest absolute Gasteiger partial charge is 0.128 e. The van der Waals surface area contributed by atoms with Crippen LogP contribution in [-0.2, 0) is 0 Å². The fourth-order valence-corrected chi connectivity index (χ4v) is 3.01. The summed E-state index contributed by atoms with van der Waals surface area (Å²) in [6.07, 6.45) is 3.60. The Morgan fingerprint density at radius 2 is 1.76 bits per heavy atom. The zero-order valence-electron chi connectivity index (χ0n) is 10.9.